The van der Waals surface area contributed by atoms with E-state index in [1.807, 2.05) is 13.8 Å². The summed E-state index contributed by atoms with van der Waals surface area (Å²) < 4.78 is 16.3. The molecule has 26 heavy (non-hydrogen) atoms. The zero-order valence-electron chi connectivity index (χ0n) is 15.3. The number of amides is 1. The van der Waals surface area contributed by atoms with Crippen LogP contribution in [0.15, 0.2) is 18.2 Å². The normalized spacial score (nSPS) is 15.9. The van der Waals surface area contributed by atoms with Gasteiger partial charge < -0.3 is 24.6 Å². The highest BCUT2D eigenvalue weighted by Gasteiger charge is 2.30. The van der Waals surface area contributed by atoms with Crippen molar-refractivity contribution in [2.45, 2.75) is 26.7 Å². The summed E-state index contributed by atoms with van der Waals surface area (Å²) in [5.41, 5.74) is 0.410. The van der Waals surface area contributed by atoms with Gasteiger partial charge in [-0.2, -0.15) is 0 Å². The summed E-state index contributed by atoms with van der Waals surface area (Å²) in [5.74, 6) is -0.735. The van der Waals surface area contributed by atoms with E-state index in [2.05, 4.69) is 5.32 Å². The van der Waals surface area contributed by atoms with Crippen LogP contribution in [0.3, 0.4) is 0 Å². The average Bonchev–Trinajstić information content (AvgIpc) is 2.64. The lowest BCUT2D eigenvalue weighted by atomic mass is 9.86. The third-order valence-electron chi connectivity index (χ3n) is 4.44. The van der Waals surface area contributed by atoms with Crippen molar-refractivity contribution in [3.63, 3.8) is 0 Å². The van der Waals surface area contributed by atoms with Gasteiger partial charge in [0.05, 0.1) is 19.1 Å². The summed E-state index contributed by atoms with van der Waals surface area (Å²) in [5, 5.41) is 12.2. The fourth-order valence-electron chi connectivity index (χ4n) is 3.07. The van der Waals surface area contributed by atoms with Crippen molar-refractivity contribution in [1.82, 2.24) is 5.32 Å². The largest absolute Gasteiger partial charge is 0.490 e. The predicted octanol–water partition coefficient (Wildman–Crippen LogP) is 2.34. The van der Waals surface area contributed by atoms with Gasteiger partial charge in [0, 0.05) is 25.3 Å². The second kappa shape index (κ2) is 10.0. The van der Waals surface area contributed by atoms with Crippen LogP contribution in [0.5, 0.6) is 11.5 Å². The number of carboxylic acid groups (broad SMARTS) is 1. The number of nitrogens with one attached hydrogen (secondary N) is 1. The Hall–Kier alpha value is -2.28. The molecule has 1 atom stereocenters. The number of hydrogen-bond acceptors (Lipinski definition) is 5. The lowest BCUT2D eigenvalue weighted by Crippen LogP contribution is -2.39. The SMILES string of the molecule is CCOc1ccc(C(=O)NCC(C(=O)O)C2CCOCC2)cc1OCC. The number of aliphatic carboxylic acids is 1. The fraction of sp³-hybridized carbons (Fsp3) is 0.579. The fourth-order valence-corrected chi connectivity index (χ4v) is 3.07. The molecule has 0 aliphatic carbocycles. The molecule has 1 amide bonds. The van der Waals surface area contributed by atoms with Gasteiger partial charge in [-0.25, -0.2) is 0 Å². The first-order valence-electron chi connectivity index (χ1n) is 9.05. The van der Waals surface area contributed by atoms with Gasteiger partial charge >= 0.3 is 5.97 Å². The zero-order chi connectivity index (χ0) is 18.9. The Kier molecular flexibility index (Phi) is 7.72. The Labute approximate surface area is 153 Å². The van der Waals surface area contributed by atoms with Gasteiger partial charge in [0.2, 0.25) is 0 Å². The second-order valence-corrected chi connectivity index (χ2v) is 6.13. The molecule has 0 radical (unpaired) electrons. The molecule has 1 aliphatic heterocycles. The summed E-state index contributed by atoms with van der Waals surface area (Å²) in [7, 11) is 0. The number of carbonyl (C=O) groups excluding carboxylic acids is 1. The number of benzene rings is 1. The Morgan fingerprint density at radius 3 is 2.46 bits per heavy atom. The van der Waals surface area contributed by atoms with Crippen LogP contribution in [0.25, 0.3) is 0 Å². The number of ether oxygens (including phenoxy) is 3. The van der Waals surface area contributed by atoms with Gasteiger partial charge in [0.25, 0.3) is 5.91 Å². The Bertz CT molecular complexity index is 612. The zero-order valence-corrected chi connectivity index (χ0v) is 15.3. The summed E-state index contributed by atoms with van der Waals surface area (Å²) in [6, 6.07) is 4.96. The molecule has 1 heterocycles. The van der Waals surface area contributed by atoms with E-state index >= 15 is 0 Å². The van der Waals surface area contributed by atoms with E-state index in [-0.39, 0.29) is 18.4 Å². The van der Waals surface area contributed by atoms with Crippen molar-refractivity contribution in [3.05, 3.63) is 23.8 Å². The van der Waals surface area contributed by atoms with Crippen LogP contribution in [-0.4, -0.2) is 50.0 Å². The summed E-state index contributed by atoms with van der Waals surface area (Å²) in [4.78, 5) is 24.0. The molecule has 2 rings (SSSR count). The molecule has 1 saturated heterocycles. The molecule has 0 spiro atoms. The van der Waals surface area contributed by atoms with Crippen LogP contribution in [0.1, 0.15) is 37.0 Å². The van der Waals surface area contributed by atoms with Gasteiger partial charge in [0.15, 0.2) is 11.5 Å². The van der Waals surface area contributed by atoms with E-state index < -0.39 is 11.9 Å². The molecule has 1 aromatic rings. The van der Waals surface area contributed by atoms with Crippen molar-refractivity contribution >= 4 is 11.9 Å². The van der Waals surface area contributed by atoms with Crippen LogP contribution < -0.4 is 14.8 Å². The molecule has 1 unspecified atom stereocenters. The van der Waals surface area contributed by atoms with Gasteiger partial charge in [-0.3, -0.25) is 9.59 Å². The summed E-state index contributed by atoms with van der Waals surface area (Å²) >= 11 is 0. The number of hydrogen-bond donors (Lipinski definition) is 2. The maximum Gasteiger partial charge on any atom is 0.308 e. The van der Waals surface area contributed by atoms with Crippen LogP contribution in [0, 0.1) is 11.8 Å². The lowest BCUT2D eigenvalue weighted by molar-refractivity contribution is -0.144. The second-order valence-electron chi connectivity index (χ2n) is 6.13. The lowest BCUT2D eigenvalue weighted by Gasteiger charge is -2.27. The molecule has 7 nitrogen and oxygen atoms in total. The number of carboxylic acids is 1. The van der Waals surface area contributed by atoms with E-state index in [0.717, 1.165) is 0 Å². The van der Waals surface area contributed by atoms with Crippen molar-refractivity contribution < 1.29 is 28.9 Å². The molecule has 0 bridgehead atoms. The first kappa shape index (κ1) is 20.0. The van der Waals surface area contributed by atoms with Gasteiger partial charge in [-0.1, -0.05) is 0 Å². The third-order valence-corrected chi connectivity index (χ3v) is 4.44. The molecule has 144 valence electrons. The minimum Gasteiger partial charge on any atom is -0.490 e. The Balaban J connectivity index is 2.03. The van der Waals surface area contributed by atoms with Crippen LogP contribution in [0.2, 0.25) is 0 Å². The number of rotatable bonds is 9. The van der Waals surface area contributed by atoms with E-state index in [4.69, 9.17) is 14.2 Å². The Morgan fingerprint density at radius 1 is 1.19 bits per heavy atom. The molecule has 1 aromatic carbocycles. The molecule has 2 N–H and O–H groups in total. The molecule has 1 fully saturated rings. The van der Waals surface area contributed by atoms with Gasteiger partial charge in [0.1, 0.15) is 0 Å². The van der Waals surface area contributed by atoms with Crippen molar-refractivity contribution in [1.29, 1.82) is 0 Å². The van der Waals surface area contributed by atoms with Crippen molar-refractivity contribution in [2.75, 3.05) is 33.0 Å². The Morgan fingerprint density at radius 2 is 1.85 bits per heavy atom. The molecular weight excluding hydrogens is 338 g/mol. The summed E-state index contributed by atoms with van der Waals surface area (Å²) in [6.45, 7) is 5.91. The molecule has 7 heteroatoms. The highest BCUT2D eigenvalue weighted by atomic mass is 16.5. The molecule has 0 saturated carbocycles. The first-order valence-corrected chi connectivity index (χ1v) is 9.05. The quantitative estimate of drug-likeness (QED) is 0.698. The van der Waals surface area contributed by atoms with Crippen LogP contribution in [0.4, 0.5) is 0 Å². The first-order chi connectivity index (χ1) is 12.6. The monoisotopic (exact) mass is 365 g/mol. The topological polar surface area (TPSA) is 94.1 Å². The van der Waals surface area contributed by atoms with Crippen LogP contribution >= 0.6 is 0 Å². The maximum absolute atomic E-state index is 12.5. The smallest absolute Gasteiger partial charge is 0.308 e. The molecular formula is C19H27NO6. The number of carbonyl (C=O) groups is 2. The predicted molar refractivity (Wildman–Crippen MR) is 95.8 cm³/mol. The van der Waals surface area contributed by atoms with Crippen molar-refractivity contribution in [3.8, 4) is 11.5 Å². The molecule has 1 aliphatic rings. The minimum atomic E-state index is -0.890. The third kappa shape index (κ3) is 5.36. The van der Waals surface area contributed by atoms with E-state index in [1.54, 1.807) is 18.2 Å². The maximum atomic E-state index is 12.5. The minimum absolute atomic E-state index is 0.0147. The van der Waals surface area contributed by atoms with Gasteiger partial charge in [-0.15, -0.1) is 0 Å². The molecule has 0 aromatic heterocycles. The van der Waals surface area contributed by atoms with Gasteiger partial charge in [-0.05, 0) is 50.8 Å². The van der Waals surface area contributed by atoms with E-state index in [0.29, 0.717) is 56.3 Å². The highest BCUT2D eigenvalue weighted by Crippen LogP contribution is 2.29. The highest BCUT2D eigenvalue weighted by molar-refractivity contribution is 5.95. The van der Waals surface area contributed by atoms with E-state index in [1.165, 1.54) is 0 Å². The van der Waals surface area contributed by atoms with Crippen LogP contribution in [-0.2, 0) is 9.53 Å². The van der Waals surface area contributed by atoms with E-state index in [9.17, 15) is 14.7 Å². The average molecular weight is 365 g/mol. The summed E-state index contributed by atoms with van der Waals surface area (Å²) in [6.07, 6.45) is 1.40. The van der Waals surface area contributed by atoms with Crippen molar-refractivity contribution in [2.24, 2.45) is 11.8 Å². The standard InChI is InChI=1S/C19H27NO6/c1-3-25-16-6-5-14(11-17(16)26-4-2)18(21)20-12-15(19(22)23)13-7-9-24-10-8-13/h5-6,11,13,15H,3-4,7-10,12H2,1-2H3,(H,20,21)(H,22,23).